The summed E-state index contributed by atoms with van der Waals surface area (Å²) >= 11 is 0. The van der Waals surface area contributed by atoms with Gasteiger partial charge < -0.3 is 10.4 Å². The quantitative estimate of drug-likeness (QED) is 0.899. The van der Waals surface area contributed by atoms with Crippen molar-refractivity contribution >= 4 is 0 Å². The Labute approximate surface area is 120 Å². The van der Waals surface area contributed by atoms with Crippen LogP contribution >= 0.6 is 0 Å². The summed E-state index contributed by atoms with van der Waals surface area (Å²) in [5.41, 5.74) is 4.42. The fraction of sp³-hybridized carbons (Fsp3) is 0.438. The minimum absolute atomic E-state index is 0.0736. The molecule has 0 fully saturated rings. The molecule has 0 radical (unpaired) electrons. The maximum atomic E-state index is 9.99. The van der Waals surface area contributed by atoms with Crippen LogP contribution in [0.15, 0.2) is 24.4 Å². The topological polar surface area (TPSA) is 50.1 Å². The Balaban J connectivity index is 2.17. The number of rotatable bonds is 4. The first-order chi connectivity index (χ1) is 9.40. The summed E-state index contributed by atoms with van der Waals surface area (Å²) in [7, 11) is 1.95. The van der Waals surface area contributed by atoms with E-state index in [1.165, 1.54) is 5.56 Å². The van der Waals surface area contributed by atoms with Gasteiger partial charge in [0, 0.05) is 36.0 Å². The van der Waals surface area contributed by atoms with Crippen LogP contribution in [-0.2, 0) is 7.05 Å². The number of hydrogen-bond acceptors (Lipinski definition) is 3. The monoisotopic (exact) mass is 273 g/mol. The van der Waals surface area contributed by atoms with Crippen molar-refractivity contribution in [2.75, 3.05) is 0 Å². The van der Waals surface area contributed by atoms with E-state index in [9.17, 15) is 5.11 Å². The summed E-state index contributed by atoms with van der Waals surface area (Å²) in [6, 6.07) is 5.95. The van der Waals surface area contributed by atoms with E-state index in [1.54, 1.807) is 6.07 Å². The summed E-state index contributed by atoms with van der Waals surface area (Å²) in [5, 5.41) is 17.8. The van der Waals surface area contributed by atoms with Crippen LogP contribution in [0.3, 0.4) is 0 Å². The van der Waals surface area contributed by atoms with E-state index in [0.29, 0.717) is 5.75 Å². The second kappa shape index (κ2) is 5.67. The molecule has 0 amide bonds. The molecule has 2 rings (SSSR count). The third-order valence-corrected chi connectivity index (χ3v) is 3.89. The van der Waals surface area contributed by atoms with Gasteiger partial charge in [-0.25, -0.2) is 0 Å². The van der Waals surface area contributed by atoms with Gasteiger partial charge in [0.1, 0.15) is 5.75 Å². The third kappa shape index (κ3) is 2.85. The number of aromatic hydroxyl groups is 1. The molecular weight excluding hydrogens is 250 g/mol. The van der Waals surface area contributed by atoms with Gasteiger partial charge in [0.15, 0.2) is 0 Å². The van der Waals surface area contributed by atoms with Crippen LogP contribution in [0.2, 0.25) is 0 Å². The summed E-state index contributed by atoms with van der Waals surface area (Å²) in [4.78, 5) is 0. The van der Waals surface area contributed by atoms with Crippen molar-refractivity contribution in [1.29, 1.82) is 0 Å². The highest BCUT2D eigenvalue weighted by molar-refractivity contribution is 5.38. The molecule has 0 aliphatic rings. The van der Waals surface area contributed by atoms with E-state index in [4.69, 9.17) is 0 Å². The number of nitrogens with one attached hydrogen (secondary N) is 1. The Morgan fingerprint density at radius 2 is 1.80 bits per heavy atom. The highest BCUT2D eigenvalue weighted by atomic mass is 16.3. The van der Waals surface area contributed by atoms with Crippen molar-refractivity contribution in [3.05, 3.63) is 46.8 Å². The zero-order valence-corrected chi connectivity index (χ0v) is 12.8. The largest absolute Gasteiger partial charge is 0.508 e. The van der Waals surface area contributed by atoms with E-state index >= 15 is 0 Å². The minimum atomic E-state index is 0.0736. The standard InChI is InChI=1S/C16H23N3O/c1-10-6-7-16(20)14(8-10)11(2)18-12(3)15-9-17-19(5)13(15)4/h6-9,11-12,18,20H,1-5H3. The van der Waals surface area contributed by atoms with Crippen molar-refractivity contribution in [2.24, 2.45) is 7.05 Å². The predicted octanol–water partition coefficient (Wildman–Crippen LogP) is 3.15. The van der Waals surface area contributed by atoms with Crippen molar-refractivity contribution in [1.82, 2.24) is 15.1 Å². The fourth-order valence-electron chi connectivity index (χ4n) is 2.52. The number of benzene rings is 1. The van der Waals surface area contributed by atoms with Crippen molar-refractivity contribution in [2.45, 2.75) is 39.8 Å². The second-order valence-electron chi connectivity index (χ2n) is 5.48. The van der Waals surface area contributed by atoms with Crippen molar-refractivity contribution in [3.63, 3.8) is 0 Å². The van der Waals surface area contributed by atoms with E-state index in [0.717, 1.165) is 16.8 Å². The molecule has 1 heterocycles. The Morgan fingerprint density at radius 1 is 1.15 bits per heavy atom. The lowest BCUT2D eigenvalue weighted by Gasteiger charge is -2.21. The highest BCUT2D eigenvalue weighted by Gasteiger charge is 2.17. The van der Waals surface area contributed by atoms with Gasteiger partial charge >= 0.3 is 0 Å². The van der Waals surface area contributed by atoms with Gasteiger partial charge in [-0.2, -0.15) is 5.10 Å². The third-order valence-electron chi connectivity index (χ3n) is 3.89. The average molecular weight is 273 g/mol. The van der Waals surface area contributed by atoms with Gasteiger partial charge in [0.2, 0.25) is 0 Å². The molecule has 20 heavy (non-hydrogen) atoms. The molecule has 2 atom stereocenters. The molecule has 2 N–H and O–H groups in total. The molecule has 0 spiro atoms. The van der Waals surface area contributed by atoms with Gasteiger partial charge in [-0.1, -0.05) is 17.7 Å². The number of aromatic nitrogens is 2. The van der Waals surface area contributed by atoms with Crippen LogP contribution in [0, 0.1) is 13.8 Å². The van der Waals surface area contributed by atoms with Gasteiger partial charge in [0.05, 0.1) is 6.20 Å². The Bertz CT molecular complexity index is 604. The highest BCUT2D eigenvalue weighted by Crippen LogP contribution is 2.27. The lowest BCUT2D eigenvalue weighted by Crippen LogP contribution is -2.23. The maximum absolute atomic E-state index is 9.99. The Hall–Kier alpha value is -1.81. The number of phenolic OH excluding ortho intramolecular Hbond substituents is 1. The molecule has 0 aliphatic carbocycles. The molecule has 0 aliphatic heterocycles. The second-order valence-corrected chi connectivity index (χ2v) is 5.48. The molecule has 4 nitrogen and oxygen atoms in total. The van der Waals surface area contributed by atoms with Gasteiger partial charge in [0.25, 0.3) is 0 Å². The number of nitrogens with zero attached hydrogens (tertiary/aromatic N) is 2. The molecule has 1 aromatic carbocycles. The molecule has 0 bridgehead atoms. The summed E-state index contributed by atoms with van der Waals surface area (Å²) in [6.07, 6.45) is 1.90. The summed E-state index contributed by atoms with van der Waals surface area (Å²) in [6.45, 7) is 8.28. The van der Waals surface area contributed by atoms with E-state index in [1.807, 2.05) is 37.0 Å². The summed E-state index contributed by atoms with van der Waals surface area (Å²) < 4.78 is 1.88. The van der Waals surface area contributed by atoms with E-state index < -0.39 is 0 Å². The SMILES string of the molecule is Cc1ccc(O)c(C(C)NC(C)c2cnn(C)c2C)c1. The first-order valence-corrected chi connectivity index (χ1v) is 6.94. The van der Waals surface area contributed by atoms with Crippen LogP contribution in [0.25, 0.3) is 0 Å². The van der Waals surface area contributed by atoms with Crippen LogP contribution < -0.4 is 5.32 Å². The number of hydrogen-bond donors (Lipinski definition) is 2. The molecule has 0 saturated carbocycles. The normalized spacial score (nSPS) is 14.2. The zero-order valence-electron chi connectivity index (χ0n) is 12.8. The van der Waals surface area contributed by atoms with Crippen LogP contribution in [0.1, 0.15) is 48.3 Å². The van der Waals surface area contributed by atoms with Crippen molar-refractivity contribution in [3.8, 4) is 5.75 Å². The minimum Gasteiger partial charge on any atom is -0.508 e. The molecule has 0 saturated heterocycles. The van der Waals surface area contributed by atoms with Crippen LogP contribution in [0.4, 0.5) is 0 Å². The Morgan fingerprint density at radius 3 is 2.40 bits per heavy atom. The lowest BCUT2D eigenvalue weighted by atomic mass is 10.0. The zero-order chi connectivity index (χ0) is 14.9. The smallest absolute Gasteiger partial charge is 0.120 e. The molecule has 4 heteroatoms. The first kappa shape index (κ1) is 14.6. The average Bonchev–Trinajstić information content (AvgIpc) is 2.73. The summed E-state index contributed by atoms with van der Waals surface area (Å²) in [5.74, 6) is 0.339. The fourth-order valence-corrected chi connectivity index (χ4v) is 2.52. The first-order valence-electron chi connectivity index (χ1n) is 6.94. The molecule has 108 valence electrons. The van der Waals surface area contributed by atoms with E-state index in [2.05, 4.69) is 31.2 Å². The number of aryl methyl sites for hydroxylation is 2. The van der Waals surface area contributed by atoms with E-state index in [-0.39, 0.29) is 12.1 Å². The van der Waals surface area contributed by atoms with Crippen LogP contribution in [-0.4, -0.2) is 14.9 Å². The molecule has 2 unspecified atom stereocenters. The van der Waals surface area contributed by atoms with Gasteiger partial charge in [-0.3, -0.25) is 4.68 Å². The number of phenols is 1. The molecule has 2 aromatic rings. The molecular formula is C16H23N3O. The Kier molecular flexibility index (Phi) is 4.14. The van der Waals surface area contributed by atoms with Gasteiger partial charge in [-0.15, -0.1) is 0 Å². The maximum Gasteiger partial charge on any atom is 0.120 e. The van der Waals surface area contributed by atoms with Gasteiger partial charge in [-0.05, 0) is 33.8 Å². The lowest BCUT2D eigenvalue weighted by molar-refractivity contribution is 0.437. The predicted molar refractivity (Wildman–Crippen MR) is 80.8 cm³/mol. The molecule has 1 aromatic heterocycles. The van der Waals surface area contributed by atoms with Crippen molar-refractivity contribution < 1.29 is 5.11 Å². The van der Waals surface area contributed by atoms with Crippen LogP contribution in [0.5, 0.6) is 5.75 Å².